The highest BCUT2D eigenvalue weighted by Crippen LogP contribution is 2.43. The van der Waals surface area contributed by atoms with Gasteiger partial charge < -0.3 is 9.73 Å². The number of hydrogen-bond acceptors (Lipinski definition) is 3. The molecule has 1 heterocycles. The summed E-state index contributed by atoms with van der Waals surface area (Å²) in [5.74, 6) is 1.05. The van der Waals surface area contributed by atoms with Crippen LogP contribution in [0.2, 0.25) is 0 Å². The number of nitrogens with one attached hydrogen (secondary N) is 1. The molecule has 0 aromatic carbocycles. The molecule has 0 aliphatic heterocycles. The molecular formula is C15H25NOS. The molecule has 2 nitrogen and oxygen atoms in total. The average Bonchev–Trinajstić information content (AvgIpc) is 2.68. The van der Waals surface area contributed by atoms with E-state index < -0.39 is 0 Å². The lowest BCUT2D eigenvalue weighted by Gasteiger charge is -2.40. The van der Waals surface area contributed by atoms with Crippen molar-refractivity contribution in [3.8, 4) is 0 Å². The Morgan fingerprint density at radius 2 is 2.28 bits per heavy atom. The van der Waals surface area contributed by atoms with E-state index in [1.807, 2.05) is 11.8 Å². The van der Waals surface area contributed by atoms with Gasteiger partial charge in [-0.25, -0.2) is 0 Å². The SMILES string of the molecule is CCNC1CCC(C)(C)CC1Sc1ccoc1C. The topological polar surface area (TPSA) is 25.2 Å². The van der Waals surface area contributed by atoms with Crippen LogP contribution in [0.15, 0.2) is 21.6 Å². The monoisotopic (exact) mass is 267 g/mol. The van der Waals surface area contributed by atoms with Gasteiger partial charge in [-0.15, -0.1) is 11.8 Å². The first-order valence-electron chi connectivity index (χ1n) is 6.96. The first-order chi connectivity index (χ1) is 8.52. The minimum atomic E-state index is 0.473. The first-order valence-corrected chi connectivity index (χ1v) is 7.84. The van der Waals surface area contributed by atoms with Crippen LogP contribution in [0.25, 0.3) is 0 Å². The Hall–Kier alpha value is -0.410. The molecule has 1 N–H and O–H groups in total. The van der Waals surface area contributed by atoms with Crippen molar-refractivity contribution in [3.63, 3.8) is 0 Å². The predicted molar refractivity (Wildman–Crippen MR) is 78.2 cm³/mol. The van der Waals surface area contributed by atoms with E-state index in [4.69, 9.17) is 4.42 Å². The smallest absolute Gasteiger partial charge is 0.114 e. The fourth-order valence-electron chi connectivity index (χ4n) is 2.80. The normalized spacial score (nSPS) is 27.3. The first kappa shape index (κ1) is 14.0. The molecule has 0 bridgehead atoms. The molecule has 3 heteroatoms. The molecule has 2 unspecified atom stereocenters. The predicted octanol–water partition coefficient (Wildman–Crippen LogP) is 4.24. The van der Waals surface area contributed by atoms with E-state index in [9.17, 15) is 0 Å². The second kappa shape index (κ2) is 5.70. The summed E-state index contributed by atoms with van der Waals surface area (Å²) in [6.45, 7) is 10.1. The second-order valence-corrected chi connectivity index (χ2v) is 7.35. The summed E-state index contributed by atoms with van der Waals surface area (Å²) < 4.78 is 5.41. The van der Waals surface area contributed by atoms with Crippen molar-refractivity contribution in [2.45, 2.75) is 63.1 Å². The summed E-state index contributed by atoms with van der Waals surface area (Å²) >= 11 is 1.99. The average molecular weight is 267 g/mol. The van der Waals surface area contributed by atoms with Crippen LogP contribution < -0.4 is 5.32 Å². The van der Waals surface area contributed by atoms with Crippen LogP contribution in [-0.4, -0.2) is 17.8 Å². The van der Waals surface area contributed by atoms with Crippen molar-refractivity contribution in [3.05, 3.63) is 18.1 Å². The molecule has 102 valence electrons. The van der Waals surface area contributed by atoms with E-state index in [0.29, 0.717) is 16.7 Å². The molecule has 1 fully saturated rings. The van der Waals surface area contributed by atoms with E-state index in [2.05, 4.69) is 39.1 Å². The Morgan fingerprint density at radius 1 is 1.50 bits per heavy atom. The van der Waals surface area contributed by atoms with Crippen molar-refractivity contribution in [1.82, 2.24) is 5.32 Å². The number of furan rings is 1. The molecule has 0 radical (unpaired) electrons. The largest absolute Gasteiger partial charge is 0.468 e. The van der Waals surface area contributed by atoms with Gasteiger partial charge >= 0.3 is 0 Å². The number of rotatable bonds is 4. The fraction of sp³-hybridized carbons (Fsp3) is 0.733. The van der Waals surface area contributed by atoms with Crippen LogP contribution in [0.3, 0.4) is 0 Å². The molecule has 2 rings (SSSR count). The van der Waals surface area contributed by atoms with Crippen molar-refractivity contribution in [2.75, 3.05) is 6.54 Å². The maximum Gasteiger partial charge on any atom is 0.114 e. The third-order valence-corrected chi connectivity index (χ3v) is 5.37. The molecular weight excluding hydrogens is 242 g/mol. The van der Waals surface area contributed by atoms with Gasteiger partial charge in [-0.2, -0.15) is 0 Å². The molecule has 1 saturated carbocycles. The Kier molecular flexibility index (Phi) is 4.44. The third kappa shape index (κ3) is 3.33. The molecule has 1 aromatic heterocycles. The van der Waals surface area contributed by atoms with Crippen molar-refractivity contribution in [2.24, 2.45) is 5.41 Å². The molecule has 2 atom stereocenters. The van der Waals surface area contributed by atoms with Gasteiger partial charge in [0.05, 0.1) is 6.26 Å². The zero-order valence-corrected chi connectivity index (χ0v) is 12.8. The molecule has 1 aliphatic rings. The van der Waals surface area contributed by atoms with Crippen LogP contribution >= 0.6 is 11.8 Å². The van der Waals surface area contributed by atoms with Gasteiger partial charge in [0.2, 0.25) is 0 Å². The quantitative estimate of drug-likeness (QED) is 0.883. The number of hydrogen-bond donors (Lipinski definition) is 1. The van der Waals surface area contributed by atoms with Crippen LogP contribution in [0, 0.1) is 12.3 Å². The molecule has 18 heavy (non-hydrogen) atoms. The number of thioether (sulfide) groups is 1. The summed E-state index contributed by atoms with van der Waals surface area (Å²) in [5.41, 5.74) is 0.473. The van der Waals surface area contributed by atoms with E-state index in [1.54, 1.807) is 6.26 Å². The zero-order chi connectivity index (χ0) is 13.2. The van der Waals surface area contributed by atoms with Gasteiger partial charge in [0.25, 0.3) is 0 Å². The van der Waals surface area contributed by atoms with Crippen LogP contribution in [-0.2, 0) is 0 Å². The van der Waals surface area contributed by atoms with E-state index in [0.717, 1.165) is 12.3 Å². The lowest BCUT2D eigenvalue weighted by atomic mass is 9.75. The van der Waals surface area contributed by atoms with Gasteiger partial charge in [-0.3, -0.25) is 0 Å². The van der Waals surface area contributed by atoms with E-state index in [1.165, 1.54) is 24.2 Å². The molecule has 0 saturated heterocycles. The molecule has 0 spiro atoms. The van der Waals surface area contributed by atoms with Gasteiger partial charge in [-0.1, -0.05) is 20.8 Å². The zero-order valence-electron chi connectivity index (χ0n) is 12.0. The van der Waals surface area contributed by atoms with Gasteiger partial charge in [0.1, 0.15) is 5.76 Å². The van der Waals surface area contributed by atoms with E-state index >= 15 is 0 Å². The summed E-state index contributed by atoms with van der Waals surface area (Å²) in [4.78, 5) is 1.31. The van der Waals surface area contributed by atoms with Crippen molar-refractivity contribution >= 4 is 11.8 Å². The molecule has 1 aliphatic carbocycles. The Balaban J connectivity index is 2.07. The Bertz CT molecular complexity index is 386. The highest BCUT2D eigenvalue weighted by atomic mass is 32.2. The second-order valence-electron chi connectivity index (χ2n) is 6.07. The molecule has 0 amide bonds. The number of aryl methyl sites for hydroxylation is 1. The van der Waals surface area contributed by atoms with Gasteiger partial charge in [0.15, 0.2) is 0 Å². The van der Waals surface area contributed by atoms with Crippen LogP contribution in [0.5, 0.6) is 0 Å². The molecule has 1 aromatic rings. The van der Waals surface area contributed by atoms with Gasteiger partial charge in [0, 0.05) is 16.2 Å². The summed E-state index contributed by atoms with van der Waals surface area (Å²) in [7, 11) is 0. The summed E-state index contributed by atoms with van der Waals surface area (Å²) in [6, 6.07) is 2.74. The summed E-state index contributed by atoms with van der Waals surface area (Å²) in [6.07, 6.45) is 5.69. The maximum atomic E-state index is 5.41. The summed E-state index contributed by atoms with van der Waals surface area (Å²) in [5, 5.41) is 4.31. The Labute approximate surface area is 115 Å². The lowest BCUT2D eigenvalue weighted by Crippen LogP contribution is -2.44. The minimum absolute atomic E-state index is 0.473. The van der Waals surface area contributed by atoms with Crippen molar-refractivity contribution < 1.29 is 4.42 Å². The third-order valence-electron chi connectivity index (χ3n) is 3.89. The van der Waals surface area contributed by atoms with E-state index in [-0.39, 0.29) is 0 Å². The maximum absolute atomic E-state index is 5.41. The van der Waals surface area contributed by atoms with Crippen molar-refractivity contribution in [1.29, 1.82) is 0 Å². The minimum Gasteiger partial charge on any atom is -0.468 e. The van der Waals surface area contributed by atoms with Crippen LogP contribution in [0.4, 0.5) is 0 Å². The standard InChI is InChI=1S/C15H25NOS/c1-5-16-12-6-8-15(3,4)10-14(12)18-13-7-9-17-11(13)2/h7,9,12,14,16H,5-6,8,10H2,1-4H3. The Morgan fingerprint density at radius 3 is 2.89 bits per heavy atom. The highest BCUT2D eigenvalue weighted by molar-refractivity contribution is 8.00. The van der Waals surface area contributed by atoms with Crippen LogP contribution in [0.1, 0.15) is 45.8 Å². The van der Waals surface area contributed by atoms with Gasteiger partial charge in [-0.05, 0) is 44.2 Å². The lowest BCUT2D eigenvalue weighted by molar-refractivity contribution is 0.215. The highest BCUT2D eigenvalue weighted by Gasteiger charge is 2.35. The fourth-order valence-corrected chi connectivity index (χ4v) is 4.40.